The highest BCUT2D eigenvalue weighted by atomic mass is 19.1. The maximum atomic E-state index is 14.0. The van der Waals surface area contributed by atoms with Gasteiger partial charge < -0.3 is 26.3 Å². The molecule has 7 nitrogen and oxygen atoms in total. The number of amides is 2. The molecule has 0 radical (unpaired) electrons. The van der Waals surface area contributed by atoms with Crippen LogP contribution in [0, 0.1) is 11.7 Å². The highest BCUT2D eigenvalue weighted by molar-refractivity contribution is 5.90. The van der Waals surface area contributed by atoms with Gasteiger partial charge in [-0.05, 0) is 55.9 Å². The third-order valence-electron chi connectivity index (χ3n) is 7.92. The van der Waals surface area contributed by atoms with Crippen molar-refractivity contribution in [1.82, 2.24) is 20.5 Å². The zero-order valence-electron chi connectivity index (χ0n) is 19.1. The van der Waals surface area contributed by atoms with Gasteiger partial charge in [-0.25, -0.2) is 4.39 Å². The first-order valence-corrected chi connectivity index (χ1v) is 12.3. The van der Waals surface area contributed by atoms with Crippen LogP contribution in [0.15, 0.2) is 24.4 Å². The Labute approximate surface area is 193 Å². The molecule has 3 aliphatic rings. The largest absolute Gasteiger partial charge is 0.361 e. The van der Waals surface area contributed by atoms with Gasteiger partial charge in [-0.3, -0.25) is 9.59 Å². The first-order valence-electron chi connectivity index (χ1n) is 12.3. The van der Waals surface area contributed by atoms with Crippen molar-refractivity contribution in [2.24, 2.45) is 11.7 Å². The van der Waals surface area contributed by atoms with Gasteiger partial charge >= 0.3 is 0 Å². The van der Waals surface area contributed by atoms with Crippen molar-refractivity contribution >= 4 is 22.7 Å². The molecule has 1 aromatic heterocycles. The number of aromatic amines is 1. The van der Waals surface area contributed by atoms with Gasteiger partial charge in [0.1, 0.15) is 11.9 Å². The van der Waals surface area contributed by atoms with Gasteiger partial charge in [0.2, 0.25) is 11.8 Å². The van der Waals surface area contributed by atoms with E-state index in [4.69, 9.17) is 5.73 Å². The van der Waals surface area contributed by atoms with Gasteiger partial charge in [-0.15, -0.1) is 0 Å². The standard InChI is InChI=1S/C25H34FN5O2/c1-14(27)24(32)30-22(15-5-3-2-4-6-15)25(33)31-10-9-20-23(31)19(13-28-20)18-12-29-21-11-16(26)7-8-17(18)21/h7-8,11-12,14-15,19-20,22-23,28-29H,2-6,9-10,13,27H2,1H3,(H,30,32). The van der Waals surface area contributed by atoms with E-state index in [2.05, 4.69) is 15.6 Å². The van der Waals surface area contributed by atoms with Gasteiger partial charge in [0.05, 0.1) is 12.1 Å². The number of nitrogens with two attached hydrogens (primary N) is 1. The second kappa shape index (κ2) is 9.06. The summed E-state index contributed by atoms with van der Waals surface area (Å²) < 4.78 is 13.7. The minimum Gasteiger partial charge on any atom is -0.361 e. The summed E-state index contributed by atoms with van der Waals surface area (Å²) >= 11 is 0. The molecule has 3 heterocycles. The lowest BCUT2D eigenvalue weighted by Gasteiger charge is -2.36. The normalized spacial score (nSPS) is 27.5. The van der Waals surface area contributed by atoms with E-state index in [9.17, 15) is 14.0 Å². The number of carbonyl (C=O) groups is 2. The Morgan fingerprint density at radius 3 is 2.76 bits per heavy atom. The minimum absolute atomic E-state index is 0.0137. The van der Waals surface area contributed by atoms with Crippen LogP contribution >= 0.6 is 0 Å². The predicted octanol–water partition coefficient (Wildman–Crippen LogP) is 2.38. The van der Waals surface area contributed by atoms with Crippen molar-refractivity contribution in [1.29, 1.82) is 0 Å². The first kappa shape index (κ1) is 22.3. The zero-order chi connectivity index (χ0) is 23.1. The van der Waals surface area contributed by atoms with Crippen LogP contribution in [0.4, 0.5) is 4.39 Å². The van der Waals surface area contributed by atoms with E-state index in [0.29, 0.717) is 6.54 Å². The Balaban J connectivity index is 1.43. The maximum absolute atomic E-state index is 14.0. The van der Waals surface area contributed by atoms with E-state index in [1.807, 2.05) is 17.2 Å². The molecule has 2 aliphatic heterocycles. The molecule has 5 N–H and O–H groups in total. The predicted molar refractivity (Wildman–Crippen MR) is 125 cm³/mol. The number of rotatable bonds is 5. The first-order chi connectivity index (χ1) is 15.9. The van der Waals surface area contributed by atoms with Crippen LogP contribution in [-0.4, -0.2) is 59.0 Å². The van der Waals surface area contributed by atoms with E-state index >= 15 is 0 Å². The summed E-state index contributed by atoms with van der Waals surface area (Å²) in [4.78, 5) is 31.7. The van der Waals surface area contributed by atoms with Crippen molar-refractivity contribution in [3.05, 3.63) is 35.8 Å². The number of likely N-dealkylation sites (tertiary alicyclic amines) is 1. The monoisotopic (exact) mass is 455 g/mol. The summed E-state index contributed by atoms with van der Waals surface area (Å²) in [5, 5.41) is 7.61. The van der Waals surface area contributed by atoms with Gasteiger partial charge in [0.15, 0.2) is 0 Å². The zero-order valence-corrected chi connectivity index (χ0v) is 19.1. The third-order valence-corrected chi connectivity index (χ3v) is 7.92. The topological polar surface area (TPSA) is 103 Å². The molecule has 1 aromatic carbocycles. The summed E-state index contributed by atoms with van der Waals surface area (Å²) in [6.07, 6.45) is 8.11. The third kappa shape index (κ3) is 4.15. The fourth-order valence-corrected chi connectivity index (χ4v) is 6.23. The lowest BCUT2D eigenvalue weighted by molar-refractivity contribution is -0.139. The van der Waals surface area contributed by atoms with Gasteiger partial charge in [0.25, 0.3) is 0 Å². The lowest BCUT2D eigenvalue weighted by atomic mass is 9.82. The number of hydrogen-bond donors (Lipinski definition) is 4. The number of H-pyrrole nitrogens is 1. The van der Waals surface area contributed by atoms with Crippen LogP contribution < -0.4 is 16.4 Å². The average molecular weight is 456 g/mol. The van der Waals surface area contributed by atoms with Gasteiger partial charge in [-0.2, -0.15) is 0 Å². The maximum Gasteiger partial charge on any atom is 0.245 e. The summed E-state index contributed by atoms with van der Waals surface area (Å²) in [5.74, 6) is -0.262. The fourth-order valence-electron chi connectivity index (χ4n) is 6.23. The van der Waals surface area contributed by atoms with E-state index < -0.39 is 12.1 Å². The smallest absolute Gasteiger partial charge is 0.245 e. The van der Waals surface area contributed by atoms with Crippen molar-refractivity contribution in [3.8, 4) is 0 Å². The molecule has 178 valence electrons. The molecule has 0 spiro atoms. The molecule has 33 heavy (non-hydrogen) atoms. The Bertz CT molecular complexity index is 1030. The molecule has 2 aromatic rings. The molecule has 0 bridgehead atoms. The van der Waals surface area contributed by atoms with Crippen molar-refractivity contribution in [2.45, 2.75) is 75.5 Å². The van der Waals surface area contributed by atoms with Crippen molar-refractivity contribution in [2.75, 3.05) is 13.1 Å². The fraction of sp³-hybridized carbons (Fsp3) is 0.600. The summed E-state index contributed by atoms with van der Waals surface area (Å²) in [6, 6.07) is 3.88. The highest BCUT2D eigenvalue weighted by Gasteiger charge is 2.49. The number of nitrogens with one attached hydrogen (secondary N) is 3. The van der Waals surface area contributed by atoms with Crippen LogP contribution in [-0.2, 0) is 9.59 Å². The SMILES string of the molecule is CC(N)C(=O)NC(C(=O)N1CCC2NCC(c3c[nH]c4cc(F)ccc34)C21)C1CCCCC1. The Kier molecular flexibility index (Phi) is 6.14. The summed E-state index contributed by atoms with van der Waals surface area (Å²) in [7, 11) is 0. The minimum atomic E-state index is -0.650. The molecule has 2 amide bonds. The van der Waals surface area contributed by atoms with E-state index in [0.717, 1.165) is 55.1 Å². The summed E-state index contributed by atoms with van der Waals surface area (Å²) in [6.45, 7) is 3.09. The highest BCUT2D eigenvalue weighted by Crippen LogP contribution is 2.40. The molecule has 8 heteroatoms. The van der Waals surface area contributed by atoms with E-state index in [-0.39, 0.29) is 41.6 Å². The van der Waals surface area contributed by atoms with Gasteiger partial charge in [-0.1, -0.05) is 19.3 Å². The second-order valence-electron chi connectivity index (χ2n) is 10.0. The number of carbonyl (C=O) groups excluding carboxylic acids is 2. The van der Waals surface area contributed by atoms with Crippen LogP contribution in [0.3, 0.4) is 0 Å². The number of hydrogen-bond acceptors (Lipinski definition) is 4. The molecule has 5 unspecified atom stereocenters. The Morgan fingerprint density at radius 2 is 2.00 bits per heavy atom. The molecule has 3 fully saturated rings. The summed E-state index contributed by atoms with van der Waals surface area (Å²) in [5.41, 5.74) is 7.71. The van der Waals surface area contributed by atoms with Crippen LogP contribution in [0.2, 0.25) is 0 Å². The second-order valence-corrected chi connectivity index (χ2v) is 10.0. The van der Waals surface area contributed by atoms with Crippen molar-refractivity contribution in [3.63, 3.8) is 0 Å². The number of benzene rings is 1. The Morgan fingerprint density at radius 1 is 1.21 bits per heavy atom. The molecular formula is C25H34FN5O2. The Hall–Kier alpha value is -2.45. The quantitative estimate of drug-likeness (QED) is 0.556. The molecule has 2 saturated heterocycles. The molecule has 1 aliphatic carbocycles. The van der Waals surface area contributed by atoms with Crippen LogP contribution in [0.1, 0.15) is 56.9 Å². The molecule has 5 rings (SSSR count). The van der Waals surface area contributed by atoms with E-state index in [1.165, 1.54) is 18.6 Å². The average Bonchev–Trinajstić information content (AvgIpc) is 3.52. The van der Waals surface area contributed by atoms with E-state index in [1.54, 1.807) is 6.92 Å². The van der Waals surface area contributed by atoms with Crippen molar-refractivity contribution < 1.29 is 14.0 Å². The molecule has 1 saturated carbocycles. The molecule has 5 atom stereocenters. The number of fused-ring (bicyclic) bond motifs is 2. The number of aromatic nitrogens is 1. The van der Waals surface area contributed by atoms with Crippen LogP contribution in [0.5, 0.6) is 0 Å². The van der Waals surface area contributed by atoms with Crippen LogP contribution in [0.25, 0.3) is 10.9 Å². The number of halogens is 1. The molecular weight excluding hydrogens is 421 g/mol. The lowest BCUT2D eigenvalue weighted by Crippen LogP contribution is -2.57. The van der Waals surface area contributed by atoms with Gasteiger partial charge in [0, 0.05) is 42.1 Å². The number of nitrogens with zero attached hydrogens (tertiary/aromatic N) is 1.